The van der Waals surface area contributed by atoms with Gasteiger partial charge in [0.05, 0.1) is 5.75 Å². The first kappa shape index (κ1) is 15.6. The average molecular weight is 303 g/mol. The molecule has 112 valence electrons. The summed E-state index contributed by atoms with van der Waals surface area (Å²) in [6.45, 7) is 8.73. The predicted octanol–water partition coefficient (Wildman–Crippen LogP) is 2.93. The summed E-state index contributed by atoms with van der Waals surface area (Å²) in [4.78, 5) is 13.2. The SMILES string of the molecule is Cc1ccc(C(C)(C)C)cc1SCc1nc(N)nc(N)n1. The van der Waals surface area contributed by atoms with Crippen molar-refractivity contribution in [3.8, 4) is 0 Å². The maximum absolute atomic E-state index is 5.59. The van der Waals surface area contributed by atoms with E-state index >= 15 is 0 Å². The highest BCUT2D eigenvalue weighted by Crippen LogP contribution is 2.31. The van der Waals surface area contributed by atoms with E-state index in [1.807, 2.05) is 0 Å². The number of nitrogens with two attached hydrogens (primary N) is 2. The molecule has 0 bridgehead atoms. The largest absolute Gasteiger partial charge is 0.368 e. The third-order valence-corrected chi connectivity index (χ3v) is 4.28. The fraction of sp³-hybridized carbons (Fsp3) is 0.400. The number of hydrogen-bond acceptors (Lipinski definition) is 6. The van der Waals surface area contributed by atoms with E-state index in [-0.39, 0.29) is 17.3 Å². The van der Waals surface area contributed by atoms with Gasteiger partial charge in [0.1, 0.15) is 5.82 Å². The molecule has 0 unspecified atom stereocenters. The molecule has 6 heteroatoms. The van der Waals surface area contributed by atoms with Crippen LogP contribution in [-0.4, -0.2) is 15.0 Å². The zero-order valence-electron chi connectivity index (χ0n) is 12.8. The number of aromatic nitrogens is 3. The molecule has 0 fully saturated rings. The van der Waals surface area contributed by atoms with Crippen molar-refractivity contribution in [2.24, 2.45) is 0 Å². The molecule has 0 aliphatic rings. The molecule has 0 amide bonds. The molecule has 21 heavy (non-hydrogen) atoms. The van der Waals surface area contributed by atoms with Crippen molar-refractivity contribution >= 4 is 23.7 Å². The van der Waals surface area contributed by atoms with Crippen molar-refractivity contribution in [2.45, 2.75) is 43.8 Å². The van der Waals surface area contributed by atoms with Crippen LogP contribution in [0.3, 0.4) is 0 Å². The number of rotatable bonds is 3. The molecule has 0 spiro atoms. The molecule has 5 nitrogen and oxygen atoms in total. The molecule has 0 atom stereocenters. The van der Waals surface area contributed by atoms with Gasteiger partial charge in [-0.2, -0.15) is 15.0 Å². The summed E-state index contributed by atoms with van der Waals surface area (Å²) in [6, 6.07) is 6.56. The average Bonchev–Trinajstić information content (AvgIpc) is 2.35. The highest BCUT2D eigenvalue weighted by Gasteiger charge is 2.15. The van der Waals surface area contributed by atoms with Crippen molar-refractivity contribution in [1.29, 1.82) is 0 Å². The molecule has 0 radical (unpaired) electrons. The number of nitrogen functional groups attached to an aromatic ring is 2. The van der Waals surface area contributed by atoms with Crippen LogP contribution in [0.4, 0.5) is 11.9 Å². The van der Waals surface area contributed by atoms with Crippen LogP contribution < -0.4 is 11.5 Å². The number of anilines is 2. The van der Waals surface area contributed by atoms with Crippen molar-refractivity contribution in [2.75, 3.05) is 11.5 Å². The topological polar surface area (TPSA) is 90.7 Å². The van der Waals surface area contributed by atoms with E-state index in [2.05, 4.69) is 60.8 Å². The van der Waals surface area contributed by atoms with Gasteiger partial charge < -0.3 is 11.5 Å². The standard InChI is InChI=1S/C15H21N5S/c1-9-5-6-10(15(2,3)4)7-11(9)21-8-12-18-13(16)20-14(17)19-12/h5-7H,8H2,1-4H3,(H4,16,17,18,19,20). The zero-order chi connectivity index (χ0) is 15.6. The molecule has 2 rings (SSSR count). The van der Waals surface area contributed by atoms with Crippen LogP contribution in [0.15, 0.2) is 23.1 Å². The van der Waals surface area contributed by atoms with E-state index in [0.29, 0.717) is 11.6 Å². The van der Waals surface area contributed by atoms with Crippen LogP contribution in [0.2, 0.25) is 0 Å². The molecule has 0 saturated heterocycles. The maximum atomic E-state index is 5.59. The summed E-state index contributed by atoms with van der Waals surface area (Å²) < 4.78 is 0. The van der Waals surface area contributed by atoms with Gasteiger partial charge >= 0.3 is 0 Å². The first-order valence-electron chi connectivity index (χ1n) is 6.75. The van der Waals surface area contributed by atoms with Crippen LogP contribution in [0.5, 0.6) is 0 Å². The van der Waals surface area contributed by atoms with Crippen molar-refractivity contribution in [1.82, 2.24) is 15.0 Å². The van der Waals surface area contributed by atoms with Gasteiger partial charge in [0.25, 0.3) is 0 Å². The fourth-order valence-electron chi connectivity index (χ4n) is 1.89. The summed E-state index contributed by atoms with van der Waals surface area (Å²) >= 11 is 1.68. The highest BCUT2D eigenvalue weighted by molar-refractivity contribution is 7.98. The van der Waals surface area contributed by atoms with Gasteiger partial charge in [-0.3, -0.25) is 0 Å². The predicted molar refractivity (Wildman–Crippen MR) is 88.1 cm³/mol. The fourth-order valence-corrected chi connectivity index (χ4v) is 2.81. The Balaban J connectivity index is 2.19. The van der Waals surface area contributed by atoms with Gasteiger partial charge in [-0.1, -0.05) is 32.9 Å². The monoisotopic (exact) mass is 303 g/mol. The lowest BCUT2D eigenvalue weighted by atomic mass is 9.87. The van der Waals surface area contributed by atoms with E-state index in [0.717, 1.165) is 0 Å². The van der Waals surface area contributed by atoms with Crippen molar-refractivity contribution in [3.63, 3.8) is 0 Å². The number of benzene rings is 1. The Hall–Kier alpha value is -1.82. The first-order chi connectivity index (χ1) is 9.75. The zero-order valence-corrected chi connectivity index (χ0v) is 13.7. The van der Waals surface area contributed by atoms with Gasteiger partial charge in [-0.15, -0.1) is 11.8 Å². The van der Waals surface area contributed by atoms with E-state index in [4.69, 9.17) is 11.5 Å². The Morgan fingerprint density at radius 3 is 2.24 bits per heavy atom. The van der Waals surface area contributed by atoms with Gasteiger partial charge in [-0.05, 0) is 29.5 Å². The third kappa shape index (κ3) is 4.07. The normalized spacial score (nSPS) is 11.6. The van der Waals surface area contributed by atoms with E-state index in [9.17, 15) is 0 Å². The van der Waals surface area contributed by atoms with Gasteiger partial charge in [0.2, 0.25) is 11.9 Å². The lowest BCUT2D eigenvalue weighted by Crippen LogP contribution is -2.11. The minimum Gasteiger partial charge on any atom is -0.368 e. The molecule has 2 aromatic rings. The first-order valence-corrected chi connectivity index (χ1v) is 7.74. The summed E-state index contributed by atoms with van der Waals surface area (Å²) in [7, 11) is 0. The van der Waals surface area contributed by atoms with Crippen LogP contribution >= 0.6 is 11.8 Å². The molecule has 0 aliphatic carbocycles. The lowest BCUT2D eigenvalue weighted by Gasteiger charge is -2.20. The van der Waals surface area contributed by atoms with Gasteiger partial charge in [-0.25, -0.2) is 0 Å². The number of nitrogens with zero attached hydrogens (tertiary/aromatic N) is 3. The Kier molecular flexibility index (Phi) is 4.37. The summed E-state index contributed by atoms with van der Waals surface area (Å²) in [5, 5.41) is 0. The van der Waals surface area contributed by atoms with Crippen molar-refractivity contribution < 1.29 is 0 Å². The van der Waals surface area contributed by atoms with Gasteiger partial charge in [0, 0.05) is 4.90 Å². The Bertz CT molecular complexity index is 629. The minimum absolute atomic E-state index is 0.130. The molecular weight excluding hydrogens is 282 g/mol. The summed E-state index contributed by atoms with van der Waals surface area (Å²) in [5.74, 6) is 1.55. The maximum Gasteiger partial charge on any atom is 0.225 e. The second kappa shape index (κ2) is 5.89. The Labute approximate surface area is 129 Å². The van der Waals surface area contributed by atoms with Crippen LogP contribution in [0.1, 0.15) is 37.7 Å². The number of hydrogen-bond donors (Lipinski definition) is 2. The van der Waals surface area contributed by atoms with Gasteiger partial charge in [0.15, 0.2) is 0 Å². The number of aryl methyl sites for hydroxylation is 1. The van der Waals surface area contributed by atoms with Crippen LogP contribution in [-0.2, 0) is 11.2 Å². The second-order valence-electron chi connectivity index (χ2n) is 5.99. The quantitative estimate of drug-likeness (QED) is 0.847. The third-order valence-electron chi connectivity index (χ3n) is 3.13. The van der Waals surface area contributed by atoms with E-state index < -0.39 is 0 Å². The molecular formula is C15H21N5S. The molecule has 0 saturated carbocycles. The lowest BCUT2D eigenvalue weighted by molar-refractivity contribution is 0.588. The smallest absolute Gasteiger partial charge is 0.225 e. The molecule has 1 heterocycles. The molecule has 0 aliphatic heterocycles. The number of thioether (sulfide) groups is 1. The Morgan fingerprint density at radius 1 is 1.05 bits per heavy atom. The van der Waals surface area contributed by atoms with E-state index in [1.165, 1.54) is 16.0 Å². The van der Waals surface area contributed by atoms with Crippen LogP contribution in [0.25, 0.3) is 0 Å². The highest BCUT2D eigenvalue weighted by atomic mass is 32.2. The second-order valence-corrected chi connectivity index (χ2v) is 7.00. The van der Waals surface area contributed by atoms with Crippen LogP contribution in [0, 0.1) is 6.92 Å². The summed E-state index contributed by atoms with van der Waals surface area (Å²) in [5.41, 5.74) is 13.9. The van der Waals surface area contributed by atoms with E-state index in [1.54, 1.807) is 11.8 Å². The summed E-state index contributed by atoms with van der Waals surface area (Å²) in [6.07, 6.45) is 0. The molecule has 4 N–H and O–H groups in total. The minimum atomic E-state index is 0.130. The molecule has 1 aromatic carbocycles. The Morgan fingerprint density at radius 2 is 1.67 bits per heavy atom. The van der Waals surface area contributed by atoms with Crippen molar-refractivity contribution in [3.05, 3.63) is 35.2 Å². The molecule has 1 aromatic heterocycles.